The Morgan fingerprint density at radius 1 is 1.90 bits per heavy atom. The summed E-state index contributed by atoms with van der Waals surface area (Å²) in [5.41, 5.74) is -1.76. The molecular weight excluding hydrogens is 143 g/mol. The van der Waals surface area contributed by atoms with Gasteiger partial charge in [0.1, 0.15) is 5.60 Å². The van der Waals surface area contributed by atoms with Gasteiger partial charge in [-0.1, -0.05) is 6.08 Å². The van der Waals surface area contributed by atoms with Crippen molar-refractivity contribution in [3.8, 4) is 0 Å². The summed E-state index contributed by atoms with van der Waals surface area (Å²) in [7, 11) is 0. The number of aliphatic carboxylic acids is 1. The monoisotopic (exact) mass is 152 g/mol. The van der Waals surface area contributed by atoms with Crippen molar-refractivity contribution in [2.75, 3.05) is 0 Å². The topological polar surface area (TPSA) is 60.4 Å². The smallest absolute Gasteiger partial charge is 0.547 e. The van der Waals surface area contributed by atoms with Gasteiger partial charge in [-0.2, -0.15) is 0 Å². The van der Waals surface area contributed by atoms with E-state index < -0.39 is 11.6 Å². The van der Waals surface area contributed by atoms with Crippen molar-refractivity contribution in [1.82, 2.24) is 0 Å². The molecular formula is C6H9NaO3. The molecule has 0 radical (unpaired) electrons. The predicted octanol–water partition coefficient (Wildman–Crippen LogP) is -3.93. The number of hydrogen-bond acceptors (Lipinski definition) is 3. The molecule has 3 nitrogen and oxygen atoms in total. The van der Waals surface area contributed by atoms with Gasteiger partial charge in [0.25, 0.3) is 0 Å². The zero-order valence-electron chi connectivity index (χ0n) is 6.26. The molecule has 0 bridgehead atoms. The Labute approximate surface area is 82.0 Å². The zero-order chi connectivity index (χ0) is 7.49. The van der Waals surface area contributed by atoms with Crippen LogP contribution in [0.25, 0.3) is 0 Å². The average molecular weight is 152 g/mol. The summed E-state index contributed by atoms with van der Waals surface area (Å²) in [5.74, 6) is -1.47. The average Bonchev–Trinajstić information content (AvgIpc) is 1.65. The normalized spacial score (nSPS) is 14.6. The molecule has 0 saturated carbocycles. The van der Waals surface area contributed by atoms with Crippen molar-refractivity contribution < 1.29 is 44.6 Å². The maximum Gasteiger partial charge on any atom is 1.00 e. The third kappa shape index (κ3) is 4.06. The summed E-state index contributed by atoms with van der Waals surface area (Å²) < 4.78 is 0. The summed E-state index contributed by atoms with van der Waals surface area (Å²) in [6.07, 6.45) is 1.34. The number of carbonyl (C=O) groups excluding carboxylic acids is 1. The summed E-state index contributed by atoms with van der Waals surface area (Å²) in [6.45, 7) is 4.45. The van der Waals surface area contributed by atoms with E-state index in [2.05, 4.69) is 6.58 Å². The van der Waals surface area contributed by atoms with Gasteiger partial charge in [-0.15, -0.1) is 6.58 Å². The second kappa shape index (κ2) is 4.91. The first-order valence-electron chi connectivity index (χ1n) is 2.55. The van der Waals surface area contributed by atoms with E-state index >= 15 is 0 Å². The molecule has 0 saturated heterocycles. The van der Waals surface area contributed by atoms with Crippen LogP contribution in [0.3, 0.4) is 0 Å². The summed E-state index contributed by atoms with van der Waals surface area (Å²) in [5, 5.41) is 18.9. The quantitative estimate of drug-likeness (QED) is 0.332. The van der Waals surface area contributed by atoms with E-state index in [1.165, 1.54) is 13.0 Å². The van der Waals surface area contributed by atoms with Crippen molar-refractivity contribution in [3.05, 3.63) is 12.7 Å². The van der Waals surface area contributed by atoms with Gasteiger partial charge in [0.15, 0.2) is 0 Å². The van der Waals surface area contributed by atoms with Crippen molar-refractivity contribution >= 4 is 5.97 Å². The van der Waals surface area contributed by atoms with Crippen LogP contribution >= 0.6 is 0 Å². The van der Waals surface area contributed by atoms with Crippen LogP contribution in [0.4, 0.5) is 0 Å². The van der Waals surface area contributed by atoms with E-state index in [1.54, 1.807) is 0 Å². The summed E-state index contributed by atoms with van der Waals surface area (Å²) in [4.78, 5) is 10.0. The van der Waals surface area contributed by atoms with Crippen molar-refractivity contribution in [1.29, 1.82) is 0 Å². The Balaban J connectivity index is 0. The van der Waals surface area contributed by atoms with Crippen molar-refractivity contribution in [3.63, 3.8) is 0 Å². The largest absolute Gasteiger partial charge is 1.00 e. The Hall–Kier alpha value is 0.170. The van der Waals surface area contributed by atoms with Crippen LogP contribution in [0, 0.1) is 0 Å². The zero-order valence-corrected chi connectivity index (χ0v) is 8.26. The molecule has 0 rings (SSSR count). The molecule has 4 heteroatoms. The summed E-state index contributed by atoms with van der Waals surface area (Å²) >= 11 is 0. The van der Waals surface area contributed by atoms with E-state index in [-0.39, 0.29) is 36.0 Å². The molecule has 1 N–H and O–H groups in total. The van der Waals surface area contributed by atoms with E-state index in [9.17, 15) is 9.90 Å². The Morgan fingerprint density at radius 3 is 2.40 bits per heavy atom. The molecule has 0 aliphatic heterocycles. The molecule has 10 heavy (non-hydrogen) atoms. The number of carbonyl (C=O) groups is 1. The minimum absolute atomic E-state index is 0. The van der Waals surface area contributed by atoms with Gasteiger partial charge in [-0.05, 0) is 13.3 Å². The first-order chi connectivity index (χ1) is 4.00. The summed E-state index contributed by atoms with van der Waals surface area (Å²) in [6, 6.07) is 0. The van der Waals surface area contributed by atoms with Crippen LogP contribution in [-0.2, 0) is 4.79 Å². The number of rotatable bonds is 3. The van der Waals surface area contributed by atoms with Crippen LogP contribution in [-0.4, -0.2) is 16.7 Å². The standard InChI is InChI=1S/C6H10O3.Na/c1-3-4-6(2,9)5(7)8;/h3,9H,1,4H2,2H3,(H,7,8);/q;+1/p-1. The first-order valence-corrected chi connectivity index (χ1v) is 2.55. The van der Waals surface area contributed by atoms with Crippen molar-refractivity contribution in [2.24, 2.45) is 0 Å². The van der Waals surface area contributed by atoms with Gasteiger partial charge in [0.05, 0.1) is 5.97 Å². The Morgan fingerprint density at radius 2 is 2.30 bits per heavy atom. The molecule has 1 atom stereocenters. The molecule has 1 unspecified atom stereocenters. The van der Waals surface area contributed by atoms with Crippen LogP contribution < -0.4 is 34.7 Å². The minimum atomic E-state index is -1.76. The molecule has 0 aromatic heterocycles. The van der Waals surface area contributed by atoms with Crippen LogP contribution in [0.2, 0.25) is 0 Å². The fourth-order valence-corrected chi connectivity index (χ4v) is 0.364. The van der Waals surface area contributed by atoms with E-state index in [1.807, 2.05) is 0 Å². The Kier molecular flexibility index (Phi) is 6.29. The van der Waals surface area contributed by atoms with Gasteiger partial charge in [-0.25, -0.2) is 0 Å². The minimum Gasteiger partial charge on any atom is -0.547 e. The molecule has 0 aliphatic carbocycles. The molecule has 0 amide bonds. The van der Waals surface area contributed by atoms with Gasteiger partial charge in [0.2, 0.25) is 0 Å². The van der Waals surface area contributed by atoms with Crippen LogP contribution in [0.5, 0.6) is 0 Å². The number of carboxylic acid groups (broad SMARTS) is 1. The molecule has 0 aliphatic rings. The number of carboxylic acids is 1. The number of hydrogen-bond donors (Lipinski definition) is 1. The maximum atomic E-state index is 10.0. The van der Waals surface area contributed by atoms with Crippen LogP contribution in [0.15, 0.2) is 12.7 Å². The second-order valence-corrected chi connectivity index (χ2v) is 2.05. The van der Waals surface area contributed by atoms with Gasteiger partial charge in [0, 0.05) is 0 Å². The maximum absolute atomic E-state index is 10.0. The number of aliphatic hydroxyl groups is 1. The second-order valence-electron chi connectivity index (χ2n) is 2.05. The molecule has 0 spiro atoms. The Bertz CT molecular complexity index is 131. The molecule has 0 heterocycles. The van der Waals surface area contributed by atoms with Gasteiger partial charge < -0.3 is 15.0 Å². The third-order valence-corrected chi connectivity index (χ3v) is 0.982. The van der Waals surface area contributed by atoms with E-state index in [0.717, 1.165) is 0 Å². The van der Waals surface area contributed by atoms with Gasteiger partial charge >= 0.3 is 29.6 Å². The molecule has 0 fully saturated rings. The fraction of sp³-hybridized carbons (Fsp3) is 0.500. The fourth-order valence-electron chi connectivity index (χ4n) is 0.364. The first kappa shape index (κ1) is 12.8. The van der Waals surface area contributed by atoms with Crippen LogP contribution in [0.1, 0.15) is 13.3 Å². The molecule has 0 aromatic rings. The SMILES string of the molecule is C=CCC(C)(O)C(=O)[O-].[Na+]. The van der Waals surface area contributed by atoms with Crippen molar-refractivity contribution in [2.45, 2.75) is 18.9 Å². The van der Waals surface area contributed by atoms with Gasteiger partial charge in [-0.3, -0.25) is 0 Å². The molecule has 52 valence electrons. The third-order valence-electron chi connectivity index (χ3n) is 0.982. The molecule has 0 aromatic carbocycles. The van der Waals surface area contributed by atoms with E-state index in [4.69, 9.17) is 5.11 Å². The van der Waals surface area contributed by atoms with E-state index in [0.29, 0.717) is 0 Å². The predicted molar refractivity (Wildman–Crippen MR) is 30.4 cm³/mol.